The Morgan fingerprint density at radius 2 is 1.95 bits per heavy atom. The second-order valence-electron chi connectivity index (χ2n) is 4.71. The fourth-order valence-electron chi connectivity index (χ4n) is 2.06. The molecule has 0 saturated heterocycles. The molecule has 0 spiro atoms. The van der Waals surface area contributed by atoms with Gasteiger partial charge in [-0.15, -0.1) is 0 Å². The predicted molar refractivity (Wildman–Crippen MR) is 86.6 cm³/mol. The molecule has 0 bridgehead atoms. The number of aromatic nitrogens is 3. The molecule has 6 nitrogen and oxygen atoms in total. The number of aryl methyl sites for hydroxylation is 1. The molecule has 22 heavy (non-hydrogen) atoms. The van der Waals surface area contributed by atoms with E-state index in [0.29, 0.717) is 11.4 Å². The number of hydrogen-bond acceptors (Lipinski definition) is 4. The lowest BCUT2D eigenvalue weighted by atomic mass is 10.3. The maximum Gasteiger partial charge on any atom is 0.280 e. The van der Waals surface area contributed by atoms with E-state index in [-0.39, 0.29) is 5.56 Å². The number of H-pyrrole nitrogens is 1. The molecule has 6 heteroatoms. The van der Waals surface area contributed by atoms with Crippen LogP contribution >= 0.6 is 0 Å². The van der Waals surface area contributed by atoms with Crippen LogP contribution in [0.3, 0.4) is 0 Å². The standard InChI is InChI=1S/C16H15N5O/c1-12-14(11-18-19-15-9-5-6-10-17-15)16(22)21(20-12)13-7-3-2-4-8-13/h2-11,20H,1H3,(H,17,19). The molecule has 1 aromatic carbocycles. The molecule has 2 heterocycles. The highest BCUT2D eigenvalue weighted by Gasteiger charge is 2.10. The highest BCUT2D eigenvalue weighted by molar-refractivity contribution is 5.81. The van der Waals surface area contributed by atoms with Gasteiger partial charge in [-0.2, -0.15) is 5.10 Å². The van der Waals surface area contributed by atoms with E-state index in [2.05, 4.69) is 20.6 Å². The molecule has 0 aliphatic carbocycles. The lowest BCUT2D eigenvalue weighted by Gasteiger charge is -1.99. The summed E-state index contributed by atoms with van der Waals surface area (Å²) in [5.74, 6) is 0.621. The van der Waals surface area contributed by atoms with Gasteiger partial charge in [-0.25, -0.2) is 9.67 Å². The molecule has 0 fully saturated rings. The Morgan fingerprint density at radius 1 is 1.18 bits per heavy atom. The molecular weight excluding hydrogens is 278 g/mol. The minimum Gasteiger partial charge on any atom is -0.295 e. The maximum absolute atomic E-state index is 12.4. The smallest absolute Gasteiger partial charge is 0.280 e. The van der Waals surface area contributed by atoms with Crippen LogP contribution in [0.25, 0.3) is 5.69 Å². The molecular formula is C16H15N5O. The van der Waals surface area contributed by atoms with Crippen LogP contribution in [0.4, 0.5) is 5.82 Å². The molecule has 0 saturated carbocycles. The van der Waals surface area contributed by atoms with Crippen LogP contribution in [-0.2, 0) is 0 Å². The van der Waals surface area contributed by atoms with Crippen molar-refractivity contribution in [3.8, 4) is 5.69 Å². The summed E-state index contributed by atoms with van der Waals surface area (Å²) >= 11 is 0. The summed E-state index contributed by atoms with van der Waals surface area (Å²) in [6.07, 6.45) is 3.17. The first-order valence-electron chi connectivity index (χ1n) is 6.83. The number of para-hydroxylation sites is 1. The van der Waals surface area contributed by atoms with Crippen LogP contribution in [0.1, 0.15) is 11.3 Å². The molecule has 0 amide bonds. The molecule has 0 aliphatic rings. The number of nitrogens with zero attached hydrogens (tertiary/aromatic N) is 3. The summed E-state index contributed by atoms with van der Waals surface area (Å²) < 4.78 is 1.50. The number of benzene rings is 1. The number of rotatable bonds is 4. The van der Waals surface area contributed by atoms with Crippen molar-refractivity contribution in [3.05, 3.63) is 76.3 Å². The van der Waals surface area contributed by atoms with E-state index in [9.17, 15) is 4.79 Å². The monoisotopic (exact) mass is 293 g/mol. The Kier molecular flexibility index (Phi) is 3.82. The number of anilines is 1. The van der Waals surface area contributed by atoms with E-state index >= 15 is 0 Å². The van der Waals surface area contributed by atoms with Crippen molar-refractivity contribution in [1.82, 2.24) is 14.8 Å². The minimum absolute atomic E-state index is 0.143. The van der Waals surface area contributed by atoms with Gasteiger partial charge in [0.25, 0.3) is 5.56 Å². The summed E-state index contributed by atoms with van der Waals surface area (Å²) in [6.45, 7) is 1.84. The average Bonchev–Trinajstić information content (AvgIpc) is 2.85. The first kappa shape index (κ1) is 13.8. The molecule has 0 unspecified atom stereocenters. The van der Waals surface area contributed by atoms with Crippen molar-refractivity contribution in [2.24, 2.45) is 5.10 Å². The van der Waals surface area contributed by atoms with Gasteiger partial charge in [0, 0.05) is 11.9 Å². The third-order valence-corrected chi connectivity index (χ3v) is 3.17. The molecule has 0 atom stereocenters. The normalized spacial score (nSPS) is 11.0. The zero-order chi connectivity index (χ0) is 15.4. The zero-order valence-corrected chi connectivity index (χ0v) is 12.0. The number of hydrogen-bond donors (Lipinski definition) is 2. The van der Waals surface area contributed by atoms with Crippen molar-refractivity contribution in [2.75, 3.05) is 5.43 Å². The Hall–Kier alpha value is -3.15. The maximum atomic E-state index is 12.4. The molecule has 0 radical (unpaired) electrons. The fraction of sp³-hybridized carbons (Fsp3) is 0.0625. The lowest BCUT2D eigenvalue weighted by molar-refractivity contribution is 0.835. The van der Waals surface area contributed by atoms with Crippen molar-refractivity contribution >= 4 is 12.0 Å². The van der Waals surface area contributed by atoms with Crippen molar-refractivity contribution in [3.63, 3.8) is 0 Å². The van der Waals surface area contributed by atoms with Crippen LogP contribution in [0.15, 0.2) is 64.6 Å². The Balaban J connectivity index is 1.86. The van der Waals surface area contributed by atoms with E-state index in [4.69, 9.17) is 0 Å². The molecule has 110 valence electrons. The summed E-state index contributed by atoms with van der Waals surface area (Å²) in [4.78, 5) is 16.5. The SMILES string of the molecule is Cc1[nH]n(-c2ccccc2)c(=O)c1C=NNc1ccccn1. The molecule has 2 aromatic heterocycles. The first-order valence-corrected chi connectivity index (χ1v) is 6.83. The van der Waals surface area contributed by atoms with Gasteiger partial charge in [0.2, 0.25) is 0 Å². The minimum atomic E-state index is -0.143. The van der Waals surface area contributed by atoms with Crippen LogP contribution in [0.2, 0.25) is 0 Å². The average molecular weight is 293 g/mol. The van der Waals surface area contributed by atoms with Gasteiger partial charge in [-0.3, -0.25) is 15.3 Å². The van der Waals surface area contributed by atoms with E-state index < -0.39 is 0 Å². The third kappa shape index (κ3) is 2.80. The van der Waals surface area contributed by atoms with E-state index in [1.54, 1.807) is 12.3 Å². The molecule has 0 aliphatic heterocycles. The summed E-state index contributed by atoms with van der Waals surface area (Å²) in [6, 6.07) is 14.9. The van der Waals surface area contributed by atoms with E-state index in [0.717, 1.165) is 11.4 Å². The summed E-state index contributed by atoms with van der Waals surface area (Å²) in [5.41, 5.74) is 4.69. The van der Waals surface area contributed by atoms with Gasteiger partial charge in [0.15, 0.2) is 0 Å². The summed E-state index contributed by atoms with van der Waals surface area (Å²) in [7, 11) is 0. The topological polar surface area (TPSA) is 75.1 Å². The second-order valence-corrected chi connectivity index (χ2v) is 4.71. The van der Waals surface area contributed by atoms with Crippen LogP contribution in [0, 0.1) is 6.92 Å². The van der Waals surface area contributed by atoms with Crippen LogP contribution < -0.4 is 11.0 Å². The summed E-state index contributed by atoms with van der Waals surface area (Å²) in [5, 5.41) is 7.12. The Morgan fingerprint density at radius 3 is 2.68 bits per heavy atom. The lowest BCUT2D eigenvalue weighted by Crippen LogP contribution is -2.17. The number of pyridine rings is 1. The van der Waals surface area contributed by atoms with Crippen molar-refractivity contribution in [2.45, 2.75) is 6.92 Å². The fourth-order valence-corrected chi connectivity index (χ4v) is 2.06. The van der Waals surface area contributed by atoms with Gasteiger partial charge in [0.1, 0.15) is 5.82 Å². The van der Waals surface area contributed by atoms with Crippen molar-refractivity contribution in [1.29, 1.82) is 0 Å². The Labute approximate surface area is 127 Å². The third-order valence-electron chi connectivity index (χ3n) is 3.17. The second kappa shape index (κ2) is 6.09. The number of aromatic amines is 1. The quantitative estimate of drug-likeness (QED) is 0.572. The largest absolute Gasteiger partial charge is 0.295 e. The van der Waals surface area contributed by atoms with E-state index in [1.165, 1.54) is 10.9 Å². The molecule has 3 rings (SSSR count). The zero-order valence-electron chi connectivity index (χ0n) is 12.0. The Bertz CT molecular complexity index is 834. The van der Waals surface area contributed by atoms with Gasteiger partial charge < -0.3 is 0 Å². The molecule has 2 N–H and O–H groups in total. The first-order chi connectivity index (χ1) is 10.8. The predicted octanol–water partition coefficient (Wildman–Crippen LogP) is 2.32. The van der Waals surface area contributed by atoms with Gasteiger partial charge >= 0.3 is 0 Å². The molecule has 3 aromatic rings. The van der Waals surface area contributed by atoms with Crippen LogP contribution in [-0.4, -0.2) is 21.0 Å². The van der Waals surface area contributed by atoms with Gasteiger partial charge in [0.05, 0.1) is 17.5 Å². The highest BCUT2D eigenvalue weighted by atomic mass is 16.1. The highest BCUT2D eigenvalue weighted by Crippen LogP contribution is 2.06. The van der Waals surface area contributed by atoms with Crippen molar-refractivity contribution < 1.29 is 0 Å². The van der Waals surface area contributed by atoms with Gasteiger partial charge in [-0.1, -0.05) is 24.3 Å². The van der Waals surface area contributed by atoms with E-state index in [1.807, 2.05) is 49.4 Å². The van der Waals surface area contributed by atoms with Gasteiger partial charge in [-0.05, 0) is 31.2 Å². The number of hydrazone groups is 1. The van der Waals surface area contributed by atoms with Crippen LogP contribution in [0.5, 0.6) is 0 Å². The number of nitrogens with one attached hydrogen (secondary N) is 2.